The van der Waals surface area contributed by atoms with E-state index in [-0.39, 0.29) is 5.82 Å². The van der Waals surface area contributed by atoms with Crippen LogP contribution in [0.2, 0.25) is 0 Å². The maximum atomic E-state index is 13.3. The second kappa shape index (κ2) is 11.3. The molecule has 0 aliphatic rings. The molecule has 6 heteroatoms. The summed E-state index contributed by atoms with van der Waals surface area (Å²) in [6, 6.07) is 10.3. The number of rotatable bonds is 10. The Morgan fingerprint density at radius 3 is 2.84 bits per heavy atom. The van der Waals surface area contributed by atoms with E-state index in [0.717, 1.165) is 37.3 Å². The monoisotopic (exact) mass is 347 g/mol. The van der Waals surface area contributed by atoms with Gasteiger partial charge >= 0.3 is 0 Å². The molecule has 0 aliphatic carbocycles. The number of benzene rings is 1. The molecule has 0 fully saturated rings. The minimum absolute atomic E-state index is 0.246. The first-order chi connectivity index (χ1) is 12.3. The third kappa shape index (κ3) is 7.85. The van der Waals surface area contributed by atoms with Crippen LogP contribution in [0, 0.1) is 5.82 Å². The normalized spacial score (nSPS) is 11.5. The molecule has 0 unspecified atom stereocenters. The lowest BCUT2D eigenvalue weighted by Crippen LogP contribution is -2.39. The number of aliphatic imine (C=N–C) groups is 1. The maximum Gasteiger partial charge on any atom is 0.191 e. The topological polar surface area (TPSA) is 58.8 Å². The van der Waals surface area contributed by atoms with E-state index in [2.05, 4.69) is 15.6 Å². The van der Waals surface area contributed by atoms with Gasteiger partial charge in [0.25, 0.3) is 0 Å². The largest absolute Gasteiger partial charge is 0.469 e. The molecule has 5 nitrogen and oxygen atoms in total. The van der Waals surface area contributed by atoms with Crippen LogP contribution < -0.4 is 10.6 Å². The predicted octanol–water partition coefficient (Wildman–Crippen LogP) is 3.12. The van der Waals surface area contributed by atoms with E-state index in [0.29, 0.717) is 25.7 Å². The van der Waals surface area contributed by atoms with Gasteiger partial charge in [0.15, 0.2) is 5.96 Å². The second-order valence-corrected chi connectivity index (χ2v) is 5.53. The molecule has 25 heavy (non-hydrogen) atoms. The van der Waals surface area contributed by atoms with Crippen LogP contribution in [-0.4, -0.2) is 32.3 Å². The maximum absolute atomic E-state index is 13.3. The minimum Gasteiger partial charge on any atom is -0.469 e. The molecule has 2 rings (SSSR count). The number of hydrogen-bond acceptors (Lipinski definition) is 3. The number of nitrogens with one attached hydrogen (secondary N) is 2. The van der Waals surface area contributed by atoms with Crippen LogP contribution in [0.1, 0.15) is 24.7 Å². The fraction of sp³-hybridized carbons (Fsp3) is 0.421. The Kier molecular flexibility index (Phi) is 8.55. The van der Waals surface area contributed by atoms with Crippen molar-refractivity contribution in [2.45, 2.75) is 26.3 Å². The average Bonchev–Trinajstić information content (AvgIpc) is 3.12. The summed E-state index contributed by atoms with van der Waals surface area (Å²) in [5, 5.41) is 6.56. The third-order valence-electron chi connectivity index (χ3n) is 3.51. The Hall–Kier alpha value is -2.34. The second-order valence-electron chi connectivity index (χ2n) is 5.53. The van der Waals surface area contributed by atoms with Gasteiger partial charge in [-0.05, 0) is 43.2 Å². The number of furan rings is 1. The molecule has 1 heterocycles. The first kappa shape index (κ1) is 19.0. The van der Waals surface area contributed by atoms with E-state index < -0.39 is 0 Å². The highest BCUT2D eigenvalue weighted by molar-refractivity contribution is 5.79. The van der Waals surface area contributed by atoms with E-state index in [1.807, 2.05) is 25.1 Å². The Bertz CT molecular complexity index is 629. The van der Waals surface area contributed by atoms with Gasteiger partial charge in [0.05, 0.1) is 12.8 Å². The summed E-state index contributed by atoms with van der Waals surface area (Å²) in [4.78, 5) is 4.53. The summed E-state index contributed by atoms with van der Waals surface area (Å²) in [5.74, 6) is 1.38. The van der Waals surface area contributed by atoms with E-state index >= 15 is 0 Å². The zero-order chi connectivity index (χ0) is 17.7. The summed E-state index contributed by atoms with van der Waals surface area (Å²) >= 11 is 0. The van der Waals surface area contributed by atoms with Crippen molar-refractivity contribution in [3.05, 3.63) is 59.8 Å². The van der Waals surface area contributed by atoms with Crippen molar-refractivity contribution in [3.63, 3.8) is 0 Å². The smallest absolute Gasteiger partial charge is 0.191 e. The van der Waals surface area contributed by atoms with E-state index in [4.69, 9.17) is 9.15 Å². The van der Waals surface area contributed by atoms with Crippen LogP contribution in [0.15, 0.2) is 52.1 Å². The van der Waals surface area contributed by atoms with Crippen molar-refractivity contribution in [2.24, 2.45) is 4.99 Å². The summed E-state index contributed by atoms with van der Waals surface area (Å²) in [7, 11) is 0. The lowest BCUT2D eigenvalue weighted by molar-refractivity contribution is 0.145. The first-order valence-electron chi connectivity index (χ1n) is 8.64. The fourth-order valence-electron chi connectivity index (χ4n) is 2.26. The molecule has 136 valence electrons. The highest BCUT2D eigenvalue weighted by Gasteiger charge is 2.01. The van der Waals surface area contributed by atoms with Crippen LogP contribution in [0.25, 0.3) is 0 Å². The van der Waals surface area contributed by atoms with Crippen molar-refractivity contribution < 1.29 is 13.5 Å². The van der Waals surface area contributed by atoms with Crippen LogP contribution in [0.4, 0.5) is 4.39 Å². The van der Waals surface area contributed by atoms with Crippen LogP contribution in [0.5, 0.6) is 0 Å². The zero-order valence-electron chi connectivity index (χ0n) is 14.6. The van der Waals surface area contributed by atoms with Crippen LogP contribution >= 0.6 is 0 Å². The van der Waals surface area contributed by atoms with Gasteiger partial charge in [-0.3, -0.25) is 0 Å². The van der Waals surface area contributed by atoms with Gasteiger partial charge in [0.1, 0.15) is 11.6 Å². The molecule has 1 aromatic heterocycles. The number of ether oxygens (including phenoxy) is 1. The summed E-state index contributed by atoms with van der Waals surface area (Å²) < 4.78 is 23.9. The van der Waals surface area contributed by atoms with Gasteiger partial charge in [-0.25, -0.2) is 9.38 Å². The van der Waals surface area contributed by atoms with E-state index in [1.165, 1.54) is 12.1 Å². The lowest BCUT2D eigenvalue weighted by Gasteiger charge is -2.12. The number of guanidine groups is 1. The molecule has 0 atom stereocenters. The molecule has 0 bridgehead atoms. The number of halogens is 1. The molecule has 0 radical (unpaired) electrons. The average molecular weight is 347 g/mol. The van der Waals surface area contributed by atoms with E-state index in [9.17, 15) is 4.39 Å². The Morgan fingerprint density at radius 1 is 1.20 bits per heavy atom. The molecule has 2 aromatic rings. The first-order valence-corrected chi connectivity index (χ1v) is 8.64. The molecule has 1 aromatic carbocycles. The molecule has 0 aliphatic heterocycles. The van der Waals surface area contributed by atoms with Crippen molar-refractivity contribution in [2.75, 3.05) is 26.3 Å². The van der Waals surface area contributed by atoms with Crippen molar-refractivity contribution in [3.8, 4) is 0 Å². The number of nitrogens with zero attached hydrogens (tertiary/aromatic N) is 1. The van der Waals surface area contributed by atoms with Gasteiger partial charge in [-0.15, -0.1) is 0 Å². The molecule has 0 saturated heterocycles. The minimum atomic E-state index is -0.246. The van der Waals surface area contributed by atoms with Crippen LogP contribution in [0.3, 0.4) is 0 Å². The van der Waals surface area contributed by atoms with Crippen molar-refractivity contribution >= 4 is 5.96 Å². The molecule has 0 saturated carbocycles. The standard InChI is InChI=1S/C19H26FN3O2/c1-2-24-12-5-10-21-19(22-11-9-18-8-4-13-25-18)23-15-16-6-3-7-17(20)14-16/h3-4,6-8,13-14H,2,5,9-12,15H2,1H3,(H2,21,22,23). The molecular formula is C19H26FN3O2. The summed E-state index contributed by atoms with van der Waals surface area (Å²) in [6.45, 7) is 5.30. The quantitative estimate of drug-likeness (QED) is 0.394. The van der Waals surface area contributed by atoms with Gasteiger partial charge < -0.3 is 19.8 Å². The molecule has 2 N–H and O–H groups in total. The predicted molar refractivity (Wildman–Crippen MR) is 97.1 cm³/mol. The van der Waals surface area contributed by atoms with Crippen LogP contribution in [-0.2, 0) is 17.7 Å². The molecule has 0 amide bonds. The number of hydrogen-bond donors (Lipinski definition) is 2. The molecule has 0 spiro atoms. The summed E-state index contributed by atoms with van der Waals surface area (Å²) in [6.07, 6.45) is 3.33. The summed E-state index contributed by atoms with van der Waals surface area (Å²) in [5.41, 5.74) is 0.835. The van der Waals surface area contributed by atoms with Crippen molar-refractivity contribution in [1.82, 2.24) is 10.6 Å². The molecular weight excluding hydrogens is 321 g/mol. The lowest BCUT2D eigenvalue weighted by atomic mass is 10.2. The Balaban J connectivity index is 1.84. The van der Waals surface area contributed by atoms with Gasteiger partial charge in [-0.1, -0.05) is 12.1 Å². The highest BCUT2D eigenvalue weighted by atomic mass is 19.1. The van der Waals surface area contributed by atoms with Gasteiger partial charge in [0, 0.05) is 32.7 Å². The Morgan fingerprint density at radius 2 is 2.08 bits per heavy atom. The Labute approximate surface area is 148 Å². The van der Waals surface area contributed by atoms with Gasteiger partial charge in [-0.2, -0.15) is 0 Å². The zero-order valence-corrected chi connectivity index (χ0v) is 14.6. The fourth-order valence-corrected chi connectivity index (χ4v) is 2.26. The SMILES string of the molecule is CCOCCCNC(=NCc1cccc(F)c1)NCCc1ccco1. The third-order valence-corrected chi connectivity index (χ3v) is 3.51. The van der Waals surface area contributed by atoms with Crippen molar-refractivity contribution in [1.29, 1.82) is 0 Å². The van der Waals surface area contributed by atoms with E-state index in [1.54, 1.807) is 12.3 Å². The highest BCUT2D eigenvalue weighted by Crippen LogP contribution is 2.04. The van der Waals surface area contributed by atoms with Gasteiger partial charge in [0.2, 0.25) is 0 Å².